The van der Waals surface area contributed by atoms with Crippen LogP contribution in [0.25, 0.3) is 0 Å². The van der Waals surface area contributed by atoms with Crippen LogP contribution < -0.4 is 10.1 Å². The van der Waals surface area contributed by atoms with Crippen molar-refractivity contribution in [2.24, 2.45) is 5.92 Å². The van der Waals surface area contributed by atoms with Crippen LogP contribution in [-0.2, 0) is 0 Å². The molecule has 88 valence electrons. The number of hydrogen-bond acceptors (Lipinski definition) is 2. The maximum absolute atomic E-state index is 5.95. The van der Waals surface area contributed by atoms with E-state index >= 15 is 0 Å². The van der Waals surface area contributed by atoms with Gasteiger partial charge >= 0.3 is 0 Å². The van der Waals surface area contributed by atoms with Crippen molar-refractivity contribution >= 4 is 27.5 Å². The van der Waals surface area contributed by atoms with Gasteiger partial charge in [0, 0.05) is 9.50 Å². The average Bonchev–Trinajstić information content (AvgIpc) is 2.27. The Morgan fingerprint density at radius 1 is 1.31 bits per heavy atom. The van der Waals surface area contributed by atoms with Crippen molar-refractivity contribution in [1.82, 2.24) is 5.32 Å². The Labute approximate surface area is 109 Å². The van der Waals surface area contributed by atoms with Gasteiger partial charge in [0.25, 0.3) is 0 Å². The van der Waals surface area contributed by atoms with E-state index in [0.717, 1.165) is 29.9 Å². The van der Waals surface area contributed by atoms with Crippen molar-refractivity contribution in [2.45, 2.75) is 12.8 Å². The molecule has 0 aliphatic carbocycles. The highest BCUT2D eigenvalue weighted by molar-refractivity contribution is 9.10. The van der Waals surface area contributed by atoms with E-state index in [4.69, 9.17) is 16.3 Å². The predicted octanol–water partition coefficient (Wildman–Crippen LogP) is 3.48. The topological polar surface area (TPSA) is 21.3 Å². The molecule has 1 aromatic carbocycles. The van der Waals surface area contributed by atoms with Crippen molar-refractivity contribution in [3.8, 4) is 5.75 Å². The zero-order valence-corrected chi connectivity index (χ0v) is 11.4. The van der Waals surface area contributed by atoms with E-state index in [1.54, 1.807) is 0 Å². The first-order chi connectivity index (χ1) is 7.74. The third-order valence-electron chi connectivity index (χ3n) is 2.78. The number of benzene rings is 1. The van der Waals surface area contributed by atoms with Crippen LogP contribution in [0.2, 0.25) is 5.02 Å². The lowest BCUT2D eigenvalue weighted by Crippen LogP contribution is -2.30. The Morgan fingerprint density at radius 3 is 2.75 bits per heavy atom. The van der Waals surface area contributed by atoms with E-state index < -0.39 is 0 Å². The first kappa shape index (κ1) is 12.2. The van der Waals surface area contributed by atoms with Gasteiger partial charge < -0.3 is 10.1 Å². The molecule has 1 aliphatic rings. The molecule has 0 atom stereocenters. The second-order valence-electron chi connectivity index (χ2n) is 4.11. The largest absolute Gasteiger partial charge is 0.493 e. The number of piperidine rings is 1. The number of ether oxygens (including phenoxy) is 1. The van der Waals surface area contributed by atoms with Gasteiger partial charge in [0.1, 0.15) is 5.75 Å². The molecule has 0 aromatic heterocycles. The van der Waals surface area contributed by atoms with Gasteiger partial charge in [0.05, 0.1) is 6.61 Å². The number of hydrogen-bond donors (Lipinski definition) is 1. The minimum atomic E-state index is 0.666. The Balaban J connectivity index is 1.88. The molecule has 1 N–H and O–H groups in total. The normalized spacial score (nSPS) is 17.4. The first-order valence-electron chi connectivity index (χ1n) is 5.53. The van der Waals surface area contributed by atoms with Crippen molar-refractivity contribution < 1.29 is 4.74 Å². The summed E-state index contributed by atoms with van der Waals surface area (Å²) >= 11 is 9.36. The summed E-state index contributed by atoms with van der Waals surface area (Å²) in [5.41, 5.74) is 0. The van der Waals surface area contributed by atoms with Gasteiger partial charge in [0.15, 0.2) is 0 Å². The molecule has 1 aliphatic heterocycles. The summed E-state index contributed by atoms with van der Waals surface area (Å²) in [6, 6.07) is 5.67. The van der Waals surface area contributed by atoms with Gasteiger partial charge in [-0.2, -0.15) is 0 Å². The Hall–Kier alpha value is -0.250. The van der Waals surface area contributed by atoms with Gasteiger partial charge in [0.2, 0.25) is 0 Å². The second kappa shape index (κ2) is 5.89. The van der Waals surface area contributed by atoms with Crippen LogP contribution in [0.15, 0.2) is 22.7 Å². The maximum atomic E-state index is 5.95. The lowest BCUT2D eigenvalue weighted by Gasteiger charge is -2.22. The summed E-state index contributed by atoms with van der Waals surface area (Å²) in [5.74, 6) is 1.51. The molecule has 1 aromatic rings. The van der Waals surface area contributed by atoms with Gasteiger partial charge in [-0.25, -0.2) is 0 Å². The van der Waals surface area contributed by atoms with E-state index in [2.05, 4.69) is 21.2 Å². The molecule has 0 amide bonds. The molecular weight excluding hydrogens is 289 g/mol. The van der Waals surface area contributed by atoms with Crippen molar-refractivity contribution in [1.29, 1.82) is 0 Å². The Bertz CT molecular complexity index is 333. The average molecular weight is 305 g/mol. The minimum absolute atomic E-state index is 0.666. The van der Waals surface area contributed by atoms with Gasteiger partial charge in [-0.3, -0.25) is 0 Å². The highest BCUT2D eigenvalue weighted by Crippen LogP contribution is 2.25. The number of nitrogens with one attached hydrogen (secondary N) is 1. The SMILES string of the molecule is Clc1cc(Br)cc(OCC2CCNCC2)c1. The van der Waals surface area contributed by atoms with Crippen LogP contribution in [-0.4, -0.2) is 19.7 Å². The van der Waals surface area contributed by atoms with E-state index in [9.17, 15) is 0 Å². The molecule has 2 nitrogen and oxygen atoms in total. The third kappa shape index (κ3) is 3.65. The monoisotopic (exact) mass is 303 g/mol. The summed E-state index contributed by atoms with van der Waals surface area (Å²) in [4.78, 5) is 0. The summed E-state index contributed by atoms with van der Waals surface area (Å²) in [6.07, 6.45) is 2.39. The molecule has 0 bridgehead atoms. The van der Waals surface area contributed by atoms with Gasteiger partial charge in [-0.05, 0) is 50.0 Å². The van der Waals surface area contributed by atoms with E-state index in [1.807, 2.05) is 18.2 Å². The standard InChI is InChI=1S/C12H15BrClNO/c13-10-5-11(14)7-12(6-10)16-8-9-1-3-15-4-2-9/h5-7,9,15H,1-4,8H2. The number of rotatable bonds is 3. The van der Waals surface area contributed by atoms with Crippen LogP contribution in [0.1, 0.15) is 12.8 Å². The van der Waals surface area contributed by atoms with Crippen LogP contribution in [0, 0.1) is 5.92 Å². The zero-order valence-electron chi connectivity index (χ0n) is 9.01. The highest BCUT2D eigenvalue weighted by atomic mass is 79.9. The quantitative estimate of drug-likeness (QED) is 0.923. The molecule has 0 spiro atoms. The second-order valence-corrected chi connectivity index (χ2v) is 5.46. The molecule has 1 heterocycles. The molecular formula is C12H15BrClNO. The first-order valence-corrected chi connectivity index (χ1v) is 6.71. The van der Waals surface area contributed by atoms with E-state index in [-0.39, 0.29) is 0 Å². The third-order valence-corrected chi connectivity index (χ3v) is 3.46. The fraction of sp³-hybridized carbons (Fsp3) is 0.500. The minimum Gasteiger partial charge on any atom is -0.493 e. The van der Waals surface area contributed by atoms with Crippen LogP contribution >= 0.6 is 27.5 Å². The molecule has 0 unspecified atom stereocenters. The van der Waals surface area contributed by atoms with Crippen molar-refractivity contribution in [2.75, 3.05) is 19.7 Å². The fourth-order valence-corrected chi connectivity index (χ4v) is 2.70. The molecule has 0 saturated carbocycles. The summed E-state index contributed by atoms with van der Waals surface area (Å²) in [6.45, 7) is 3.00. The van der Waals surface area contributed by atoms with Crippen LogP contribution in [0.5, 0.6) is 5.75 Å². The van der Waals surface area contributed by atoms with E-state index in [0.29, 0.717) is 10.9 Å². The molecule has 2 rings (SSSR count). The molecule has 4 heteroatoms. The molecule has 1 saturated heterocycles. The molecule has 1 fully saturated rings. The predicted molar refractivity (Wildman–Crippen MR) is 70.2 cm³/mol. The summed E-state index contributed by atoms with van der Waals surface area (Å²) in [7, 11) is 0. The lowest BCUT2D eigenvalue weighted by molar-refractivity contribution is 0.215. The lowest BCUT2D eigenvalue weighted by atomic mass is 9.99. The zero-order chi connectivity index (χ0) is 11.4. The van der Waals surface area contributed by atoms with Crippen LogP contribution in [0.4, 0.5) is 0 Å². The Kier molecular flexibility index (Phi) is 4.50. The summed E-state index contributed by atoms with van der Waals surface area (Å²) in [5, 5.41) is 4.05. The highest BCUT2D eigenvalue weighted by Gasteiger charge is 2.13. The Morgan fingerprint density at radius 2 is 2.06 bits per heavy atom. The molecule has 0 radical (unpaired) electrons. The smallest absolute Gasteiger partial charge is 0.121 e. The summed E-state index contributed by atoms with van der Waals surface area (Å²) < 4.78 is 6.72. The van der Waals surface area contributed by atoms with E-state index in [1.165, 1.54) is 12.8 Å². The number of halogens is 2. The van der Waals surface area contributed by atoms with Crippen LogP contribution in [0.3, 0.4) is 0 Å². The van der Waals surface area contributed by atoms with Crippen molar-refractivity contribution in [3.05, 3.63) is 27.7 Å². The fourth-order valence-electron chi connectivity index (χ4n) is 1.87. The van der Waals surface area contributed by atoms with Gasteiger partial charge in [-0.15, -0.1) is 0 Å². The molecule has 16 heavy (non-hydrogen) atoms. The maximum Gasteiger partial charge on any atom is 0.121 e. The van der Waals surface area contributed by atoms with Gasteiger partial charge in [-0.1, -0.05) is 27.5 Å². The van der Waals surface area contributed by atoms with Crippen molar-refractivity contribution in [3.63, 3.8) is 0 Å².